The van der Waals surface area contributed by atoms with Gasteiger partial charge in [0, 0.05) is 11.9 Å². The third-order valence-corrected chi connectivity index (χ3v) is 6.78. The van der Waals surface area contributed by atoms with Gasteiger partial charge in [0.2, 0.25) is 5.88 Å². The molecule has 2 aromatic heterocycles. The third-order valence-electron chi connectivity index (χ3n) is 5.82. The van der Waals surface area contributed by atoms with E-state index in [0.717, 1.165) is 29.6 Å². The predicted molar refractivity (Wildman–Crippen MR) is 134 cm³/mol. The van der Waals surface area contributed by atoms with E-state index in [-0.39, 0.29) is 33.9 Å². The van der Waals surface area contributed by atoms with Crippen molar-refractivity contribution < 1.29 is 26.3 Å². The monoisotopic (exact) mass is 539 g/mol. The molecule has 1 aliphatic rings. The summed E-state index contributed by atoms with van der Waals surface area (Å²) < 4.78 is 69.6. The average Bonchev–Trinajstić information content (AvgIpc) is 3.70. The van der Waals surface area contributed by atoms with Crippen LogP contribution in [-0.4, -0.2) is 48.5 Å². The molecule has 4 aromatic rings. The van der Waals surface area contributed by atoms with Crippen LogP contribution in [-0.2, 0) is 9.84 Å². The molecule has 12 heteroatoms. The zero-order valence-corrected chi connectivity index (χ0v) is 20.8. The molecule has 2 heterocycles. The van der Waals surface area contributed by atoms with Gasteiger partial charge in [0.25, 0.3) is 0 Å². The number of anilines is 2. The molecular formula is C26H20F3N5O3S. The van der Waals surface area contributed by atoms with Gasteiger partial charge in [-0.05, 0) is 54.3 Å². The standard InChI is InChI=1S/C26H20F3N5O3S/c1-38(35,36)24-14-31-23-11-17(4-9-22(23)33-24)16-2-5-19(6-3-16)34(15-26(27,28)29)20-10-18(12-30)25(32-13-20)37-21-7-8-21/h2-6,9-11,13-14,21H,7-8,15H2,1H3. The van der Waals surface area contributed by atoms with Crippen molar-refractivity contribution in [1.82, 2.24) is 15.0 Å². The van der Waals surface area contributed by atoms with E-state index in [1.54, 1.807) is 42.5 Å². The number of pyridine rings is 1. The fourth-order valence-corrected chi connectivity index (χ4v) is 4.31. The van der Waals surface area contributed by atoms with Gasteiger partial charge in [0.1, 0.15) is 24.3 Å². The lowest BCUT2D eigenvalue weighted by atomic mass is 10.0. The van der Waals surface area contributed by atoms with Gasteiger partial charge >= 0.3 is 6.18 Å². The van der Waals surface area contributed by atoms with Crippen molar-refractivity contribution in [2.75, 3.05) is 17.7 Å². The van der Waals surface area contributed by atoms with Crippen molar-refractivity contribution in [3.8, 4) is 23.1 Å². The number of sulfone groups is 1. The largest absolute Gasteiger partial charge is 0.473 e. The maximum atomic E-state index is 13.5. The molecule has 0 unspecified atom stereocenters. The van der Waals surface area contributed by atoms with E-state index >= 15 is 0 Å². The number of hydrogen-bond acceptors (Lipinski definition) is 8. The van der Waals surface area contributed by atoms with Crippen LogP contribution in [0.5, 0.6) is 5.88 Å². The van der Waals surface area contributed by atoms with Crippen molar-refractivity contribution in [3.05, 3.63) is 66.5 Å². The molecule has 1 aliphatic carbocycles. The Morgan fingerprint density at radius 2 is 1.71 bits per heavy atom. The minimum atomic E-state index is -4.52. The van der Waals surface area contributed by atoms with E-state index in [0.29, 0.717) is 16.6 Å². The number of nitriles is 1. The van der Waals surface area contributed by atoms with Crippen LogP contribution < -0.4 is 9.64 Å². The molecule has 1 saturated carbocycles. The molecule has 38 heavy (non-hydrogen) atoms. The Bertz CT molecular complexity index is 1660. The van der Waals surface area contributed by atoms with Gasteiger partial charge < -0.3 is 9.64 Å². The average molecular weight is 540 g/mol. The molecule has 8 nitrogen and oxygen atoms in total. The van der Waals surface area contributed by atoms with E-state index < -0.39 is 22.6 Å². The number of halogens is 3. The summed E-state index contributed by atoms with van der Waals surface area (Å²) in [7, 11) is -3.50. The minimum Gasteiger partial charge on any atom is -0.473 e. The van der Waals surface area contributed by atoms with Gasteiger partial charge in [-0.25, -0.2) is 18.4 Å². The molecule has 0 N–H and O–H groups in total. The summed E-state index contributed by atoms with van der Waals surface area (Å²) in [6.45, 7) is -1.28. The van der Waals surface area contributed by atoms with Crippen LogP contribution in [0.25, 0.3) is 22.2 Å². The summed E-state index contributed by atoms with van der Waals surface area (Å²) in [4.78, 5) is 13.5. The van der Waals surface area contributed by atoms with Crippen LogP contribution in [0.15, 0.2) is 66.0 Å². The normalized spacial score (nSPS) is 13.8. The van der Waals surface area contributed by atoms with Crippen LogP contribution in [0.2, 0.25) is 0 Å². The first kappa shape index (κ1) is 25.4. The predicted octanol–water partition coefficient (Wildman–Crippen LogP) is 5.21. The van der Waals surface area contributed by atoms with Crippen LogP contribution in [0.3, 0.4) is 0 Å². The second kappa shape index (κ2) is 9.57. The summed E-state index contributed by atoms with van der Waals surface area (Å²) in [5.74, 6) is 0.115. The highest BCUT2D eigenvalue weighted by atomic mass is 32.2. The van der Waals surface area contributed by atoms with Crippen LogP contribution in [0.4, 0.5) is 24.5 Å². The molecule has 0 saturated heterocycles. The molecule has 0 spiro atoms. The highest BCUT2D eigenvalue weighted by molar-refractivity contribution is 7.90. The Morgan fingerprint density at radius 1 is 1.00 bits per heavy atom. The molecule has 0 atom stereocenters. The fraction of sp³-hybridized carbons (Fsp3) is 0.231. The van der Waals surface area contributed by atoms with Crippen molar-refractivity contribution in [3.63, 3.8) is 0 Å². The Labute approximate surface area is 216 Å². The number of ether oxygens (including phenoxy) is 1. The minimum absolute atomic E-state index is 0.0119. The van der Waals surface area contributed by atoms with Crippen molar-refractivity contribution in [1.29, 1.82) is 5.26 Å². The van der Waals surface area contributed by atoms with Crippen LogP contribution in [0, 0.1) is 11.3 Å². The number of fused-ring (bicyclic) bond motifs is 1. The fourth-order valence-electron chi connectivity index (χ4n) is 3.80. The first-order valence-electron chi connectivity index (χ1n) is 11.5. The van der Waals surface area contributed by atoms with Gasteiger partial charge in [-0.1, -0.05) is 18.2 Å². The lowest BCUT2D eigenvalue weighted by molar-refractivity contribution is -0.118. The third kappa shape index (κ3) is 5.68. The lowest BCUT2D eigenvalue weighted by Gasteiger charge is -2.26. The van der Waals surface area contributed by atoms with Gasteiger partial charge in [-0.3, -0.25) is 4.98 Å². The molecule has 0 amide bonds. The topological polar surface area (TPSA) is 109 Å². The Morgan fingerprint density at radius 3 is 2.34 bits per heavy atom. The first-order valence-corrected chi connectivity index (χ1v) is 13.4. The number of nitrogens with zero attached hydrogens (tertiary/aromatic N) is 5. The molecule has 5 rings (SSSR count). The van der Waals surface area contributed by atoms with E-state index in [1.165, 1.54) is 18.5 Å². The molecule has 0 aliphatic heterocycles. The zero-order valence-electron chi connectivity index (χ0n) is 20.0. The molecule has 1 fully saturated rings. The summed E-state index contributed by atoms with van der Waals surface area (Å²) >= 11 is 0. The van der Waals surface area contributed by atoms with E-state index in [9.17, 15) is 26.9 Å². The second-order valence-electron chi connectivity index (χ2n) is 8.91. The summed E-state index contributed by atoms with van der Waals surface area (Å²) in [5, 5.41) is 9.37. The second-order valence-corrected chi connectivity index (χ2v) is 10.9. The van der Waals surface area contributed by atoms with E-state index in [4.69, 9.17) is 4.74 Å². The van der Waals surface area contributed by atoms with Gasteiger partial charge in [0.15, 0.2) is 14.9 Å². The Hall–Kier alpha value is -4.24. The summed E-state index contributed by atoms with van der Waals surface area (Å²) in [5.41, 5.74) is 2.74. The van der Waals surface area contributed by atoms with Crippen LogP contribution in [0.1, 0.15) is 18.4 Å². The SMILES string of the molecule is CS(=O)(=O)c1cnc2cc(-c3ccc(N(CC(F)(F)F)c4cnc(OC5CC5)c(C#N)c4)cc3)ccc2n1. The quantitative estimate of drug-likeness (QED) is 0.315. The molecule has 194 valence electrons. The van der Waals surface area contributed by atoms with E-state index in [1.807, 2.05) is 6.07 Å². The number of benzene rings is 2. The van der Waals surface area contributed by atoms with E-state index in [2.05, 4.69) is 15.0 Å². The van der Waals surface area contributed by atoms with Crippen molar-refractivity contribution in [2.24, 2.45) is 0 Å². The number of rotatable bonds is 7. The number of aromatic nitrogens is 3. The smallest absolute Gasteiger partial charge is 0.406 e. The maximum absolute atomic E-state index is 13.5. The first-order chi connectivity index (χ1) is 18.0. The molecular weight excluding hydrogens is 519 g/mol. The van der Waals surface area contributed by atoms with Gasteiger partial charge in [0.05, 0.1) is 29.1 Å². The number of alkyl halides is 3. The van der Waals surface area contributed by atoms with Crippen LogP contribution >= 0.6 is 0 Å². The maximum Gasteiger partial charge on any atom is 0.406 e. The molecule has 2 aromatic carbocycles. The lowest BCUT2D eigenvalue weighted by Crippen LogP contribution is -2.30. The highest BCUT2D eigenvalue weighted by Gasteiger charge is 2.32. The molecule has 0 bridgehead atoms. The summed E-state index contributed by atoms with van der Waals surface area (Å²) in [6.07, 6.45) is 0.681. The Balaban J connectivity index is 1.46. The number of hydrogen-bond donors (Lipinski definition) is 0. The van der Waals surface area contributed by atoms with Gasteiger partial charge in [-0.15, -0.1) is 0 Å². The molecule has 0 radical (unpaired) electrons. The highest BCUT2D eigenvalue weighted by Crippen LogP contribution is 2.35. The van der Waals surface area contributed by atoms with Crippen molar-refractivity contribution in [2.45, 2.75) is 30.1 Å². The Kier molecular flexibility index (Phi) is 6.40. The summed E-state index contributed by atoms with van der Waals surface area (Å²) in [6, 6.07) is 14.8. The van der Waals surface area contributed by atoms with Crippen molar-refractivity contribution >= 4 is 32.2 Å². The zero-order chi connectivity index (χ0) is 27.1. The van der Waals surface area contributed by atoms with Gasteiger partial charge in [-0.2, -0.15) is 18.4 Å².